The molecule has 8 heteroatoms. The van der Waals surface area contributed by atoms with Crippen LogP contribution >= 0.6 is 0 Å². The highest BCUT2D eigenvalue weighted by molar-refractivity contribution is 5.52. The third-order valence-corrected chi connectivity index (χ3v) is 5.11. The largest absolute Gasteiger partial charge is 0.508 e. The van der Waals surface area contributed by atoms with Crippen molar-refractivity contribution >= 4 is 0 Å². The number of hydrogen-bond donors (Lipinski definition) is 3. The van der Waals surface area contributed by atoms with Gasteiger partial charge in [0.1, 0.15) is 35.7 Å². The standard InChI is InChI=1S/C23H23NO7/c1-28-16-5-4-14(24-11-16)12-30-22-7-13(3-6-20(22)29-2)23-19(27)10-17-18(26)8-15(25)9-21(17)31-23/h3-9,11,19,23,25-27H,10,12H2,1-2H3. The van der Waals surface area contributed by atoms with Crippen molar-refractivity contribution in [2.45, 2.75) is 25.2 Å². The quantitative estimate of drug-likeness (QED) is 0.553. The zero-order chi connectivity index (χ0) is 22.0. The Kier molecular flexibility index (Phi) is 5.73. The maximum Gasteiger partial charge on any atom is 0.162 e. The molecule has 0 radical (unpaired) electrons. The van der Waals surface area contributed by atoms with Crippen molar-refractivity contribution in [2.75, 3.05) is 14.2 Å². The van der Waals surface area contributed by atoms with Crippen molar-refractivity contribution in [3.05, 3.63) is 65.5 Å². The van der Waals surface area contributed by atoms with Gasteiger partial charge in [0.05, 0.1) is 32.2 Å². The minimum atomic E-state index is -0.896. The van der Waals surface area contributed by atoms with E-state index in [1.165, 1.54) is 12.1 Å². The van der Waals surface area contributed by atoms with Crippen LogP contribution in [-0.4, -0.2) is 40.6 Å². The van der Waals surface area contributed by atoms with Crippen molar-refractivity contribution < 1.29 is 34.3 Å². The Hall–Kier alpha value is -3.65. The molecule has 0 saturated heterocycles. The minimum Gasteiger partial charge on any atom is -0.508 e. The number of fused-ring (bicyclic) bond motifs is 1. The molecule has 162 valence electrons. The van der Waals surface area contributed by atoms with Gasteiger partial charge in [0.2, 0.25) is 0 Å². The maximum absolute atomic E-state index is 10.6. The molecule has 2 atom stereocenters. The number of aliphatic hydroxyl groups excluding tert-OH is 1. The summed E-state index contributed by atoms with van der Waals surface area (Å²) in [6.45, 7) is 0.211. The minimum absolute atomic E-state index is 0.113. The summed E-state index contributed by atoms with van der Waals surface area (Å²) in [4.78, 5) is 4.28. The first-order valence-corrected chi connectivity index (χ1v) is 9.67. The number of phenols is 2. The smallest absolute Gasteiger partial charge is 0.162 e. The van der Waals surface area contributed by atoms with Crippen LogP contribution in [0.4, 0.5) is 0 Å². The summed E-state index contributed by atoms with van der Waals surface area (Å²) < 4.78 is 22.3. The van der Waals surface area contributed by atoms with Gasteiger partial charge in [-0.25, -0.2) is 0 Å². The van der Waals surface area contributed by atoms with Gasteiger partial charge in [0, 0.05) is 24.1 Å². The molecule has 2 aromatic carbocycles. The van der Waals surface area contributed by atoms with E-state index in [-0.39, 0.29) is 24.5 Å². The van der Waals surface area contributed by atoms with Crippen molar-refractivity contribution in [1.82, 2.24) is 4.98 Å². The number of rotatable bonds is 6. The number of methoxy groups -OCH3 is 2. The molecule has 0 bridgehead atoms. The molecule has 2 unspecified atom stereocenters. The molecule has 4 rings (SSSR count). The highest BCUT2D eigenvalue weighted by Gasteiger charge is 2.32. The lowest BCUT2D eigenvalue weighted by Crippen LogP contribution is -2.30. The second-order valence-corrected chi connectivity index (χ2v) is 7.14. The predicted molar refractivity (Wildman–Crippen MR) is 111 cm³/mol. The number of hydrogen-bond acceptors (Lipinski definition) is 8. The van der Waals surface area contributed by atoms with Gasteiger partial charge in [-0.2, -0.15) is 0 Å². The van der Waals surface area contributed by atoms with E-state index >= 15 is 0 Å². The molecule has 0 spiro atoms. The number of aromatic hydroxyl groups is 2. The lowest BCUT2D eigenvalue weighted by atomic mass is 9.94. The van der Waals surface area contributed by atoms with Crippen molar-refractivity contribution in [3.8, 4) is 34.5 Å². The molecular weight excluding hydrogens is 402 g/mol. The SMILES string of the molecule is COc1ccc(COc2cc(C3Oc4cc(O)cc(O)c4CC3O)ccc2OC)nc1. The second-order valence-electron chi connectivity index (χ2n) is 7.14. The summed E-state index contributed by atoms with van der Waals surface area (Å²) in [6.07, 6.45) is 0.193. The third-order valence-electron chi connectivity index (χ3n) is 5.11. The number of aliphatic hydroxyl groups is 1. The van der Waals surface area contributed by atoms with E-state index in [1.54, 1.807) is 50.7 Å². The highest BCUT2D eigenvalue weighted by atomic mass is 16.5. The molecule has 1 aliphatic heterocycles. The first kappa shape index (κ1) is 20.6. The zero-order valence-electron chi connectivity index (χ0n) is 17.1. The van der Waals surface area contributed by atoms with Crippen LogP contribution in [0.5, 0.6) is 34.5 Å². The van der Waals surface area contributed by atoms with Crippen molar-refractivity contribution in [1.29, 1.82) is 0 Å². The van der Waals surface area contributed by atoms with Crippen LogP contribution in [-0.2, 0) is 13.0 Å². The van der Waals surface area contributed by atoms with Crippen LogP contribution in [0, 0.1) is 0 Å². The number of nitrogens with zero attached hydrogens (tertiary/aromatic N) is 1. The van der Waals surface area contributed by atoms with Gasteiger partial charge < -0.3 is 34.3 Å². The Morgan fingerprint density at radius 3 is 2.58 bits per heavy atom. The Morgan fingerprint density at radius 2 is 1.87 bits per heavy atom. The molecule has 3 N–H and O–H groups in total. The number of pyridine rings is 1. The summed E-state index contributed by atoms with van der Waals surface area (Å²) in [7, 11) is 3.12. The summed E-state index contributed by atoms with van der Waals surface area (Å²) in [5.74, 6) is 1.75. The monoisotopic (exact) mass is 425 g/mol. The number of aromatic nitrogens is 1. The second kappa shape index (κ2) is 8.61. The molecule has 0 saturated carbocycles. The Morgan fingerprint density at radius 1 is 1.03 bits per heavy atom. The van der Waals surface area contributed by atoms with Gasteiger partial charge in [-0.05, 0) is 29.8 Å². The van der Waals surface area contributed by atoms with Crippen LogP contribution in [0.15, 0.2) is 48.7 Å². The summed E-state index contributed by atoms with van der Waals surface area (Å²) in [5, 5.41) is 30.4. The average molecular weight is 425 g/mol. The molecule has 1 aromatic heterocycles. The van der Waals surface area contributed by atoms with Gasteiger partial charge in [-0.1, -0.05) is 6.07 Å². The van der Waals surface area contributed by atoms with Crippen LogP contribution in [0.1, 0.15) is 22.9 Å². The van der Waals surface area contributed by atoms with E-state index < -0.39 is 12.2 Å². The van der Waals surface area contributed by atoms with E-state index in [9.17, 15) is 15.3 Å². The number of phenolic OH excluding ortho intramolecular Hbond substituents is 2. The fourth-order valence-electron chi connectivity index (χ4n) is 3.50. The Labute approximate surface area is 179 Å². The van der Waals surface area contributed by atoms with Gasteiger partial charge in [-0.15, -0.1) is 0 Å². The van der Waals surface area contributed by atoms with E-state index in [1.807, 2.05) is 0 Å². The molecule has 31 heavy (non-hydrogen) atoms. The summed E-state index contributed by atoms with van der Waals surface area (Å²) in [5.41, 5.74) is 1.83. The first-order chi connectivity index (χ1) is 15.0. The van der Waals surface area contributed by atoms with E-state index in [0.717, 1.165) is 0 Å². The topological polar surface area (TPSA) is 111 Å². The fourth-order valence-corrected chi connectivity index (χ4v) is 3.50. The van der Waals surface area contributed by atoms with Crippen LogP contribution in [0.2, 0.25) is 0 Å². The molecule has 0 amide bonds. The summed E-state index contributed by atoms with van der Waals surface area (Å²) in [6, 6.07) is 11.5. The van der Waals surface area contributed by atoms with Crippen LogP contribution < -0.4 is 18.9 Å². The molecular formula is C23H23NO7. The lowest BCUT2D eigenvalue weighted by Gasteiger charge is -2.31. The molecule has 8 nitrogen and oxygen atoms in total. The number of benzene rings is 2. The molecule has 2 heterocycles. The predicted octanol–water partition coefficient (Wildman–Crippen LogP) is 3.13. The molecule has 1 aliphatic rings. The third kappa shape index (κ3) is 4.29. The maximum atomic E-state index is 10.6. The lowest BCUT2D eigenvalue weighted by molar-refractivity contribution is 0.0196. The molecule has 0 fully saturated rings. The van der Waals surface area contributed by atoms with Crippen molar-refractivity contribution in [3.63, 3.8) is 0 Å². The Bertz CT molecular complexity index is 1070. The van der Waals surface area contributed by atoms with Crippen molar-refractivity contribution in [2.24, 2.45) is 0 Å². The normalized spacial score (nSPS) is 17.4. The van der Waals surface area contributed by atoms with Crippen LogP contribution in [0.3, 0.4) is 0 Å². The molecule has 0 aliphatic carbocycles. The van der Waals surface area contributed by atoms with Gasteiger partial charge >= 0.3 is 0 Å². The number of ether oxygens (including phenoxy) is 4. The molecule has 3 aromatic rings. The first-order valence-electron chi connectivity index (χ1n) is 9.67. The van der Waals surface area contributed by atoms with E-state index in [2.05, 4.69) is 4.98 Å². The van der Waals surface area contributed by atoms with Gasteiger partial charge in [0.25, 0.3) is 0 Å². The van der Waals surface area contributed by atoms with E-state index in [0.29, 0.717) is 39.8 Å². The van der Waals surface area contributed by atoms with Crippen LogP contribution in [0.25, 0.3) is 0 Å². The highest BCUT2D eigenvalue weighted by Crippen LogP contribution is 2.43. The Balaban J connectivity index is 1.57. The van der Waals surface area contributed by atoms with Gasteiger partial charge in [-0.3, -0.25) is 4.98 Å². The van der Waals surface area contributed by atoms with Gasteiger partial charge in [0.15, 0.2) is 11.5 Å². The zero-order valence-corrected chi connectivity index (χ0v) is 17.1. The fraction of sp³-hybridized carbons (Fsp3) is 0.261. The average Bonchev–Trinajstić information content (AvgIpc) is 2.78. The summed E-state index contributed by atoms with van der Waals surface area (Å²) >= 11 is 0. The van der Waals surface area contributed by atoms with E-state index in [4.69, 9.17) is 18.9 Å².